The van der Waals surface area contributed by atoms with Crippen LogP contribution < -0.4 is 15.8 Å². The van der Waals surface area contributed by atoms with Gasteiger partial charge in [0.25, 0.3) is 5.56 Å². The summed E-state index contributed by atoms with van der Waals surface area (Å²) in [5.74, 6) is -0.191. The predicted octanol–water partition coefficient (Wildman–Crippen LogP) is 1.37. The Balaban J connectivity index is 1.86. The first-order valence-corrected chi connectivity index (χ1v) is 8.76. The Morgan fingerprint density at radius 2 is 2.09 bits per heavy atom. The molecule has 1 saturated heterocycles. The molecule has 2 aromatic rings. The maximum Gasteiger partial charge on any atom is 0.273 e. The zero-order chi connectivity index (χ0) is 16.4. The van der Waals surface area contributed by atoms with Gasteiger partial charge in [-0.15, -0.1) is 0 Å². The largest absolute Gasteiger partial charge is 0.352 e. The van der Waals surface area contributed by atoms with E-state index < -0.39 is 0 Å². The lowest BCUT2D eigenvalue weighted by Gasteiger charge is -2.25. The smallest absolute Gasteiger partial charge is 0.273 e. The molecule has 0 radical (unpaired) electrons. The molecule has 0 saturated carbocycles. The molecule has 2 aromatic heterocycles. The average molecular weight is 335 g/mol. The van der Waals surface area contributed by atoms with Crippen LogP contribution in [0.3, 0.4) is 0 Å². The summed E-state index contributed by atoms with van der Waals surface area (Å²) in [6.07, 6.45) is 4.97. The summed E-state index contributed by atoms with van der Waals surface area (Å²) in [4.78, 5) is 35.3. The average Bonchev–Trinajstić information content (AvgIpc) is 2.95. The third-order valence-electron chi connectivity index (χ3n) is 3.76. The third kappa shape index (κ3) is 3.52. The molecule has 0 aliphatic carbocycles. The number of nitrogens with one attached hydrogen (secondary N) is 1. The van der Waals surface area contributed by atoms with Crippen molar-refractivity contribution in [2.75, 3.05) is 18.0 Å². The predicted molar refractivity (Wildman–Crippen MR) is 91.0 cm³/mol. The maximum absolute atomic E-state index is 12.5. The van der Waals surface area contributed by atoms with E-state index in [-0.39, 0.29) is 24.1 Å². The Morgan fingerprint density at radius 3 is 2.78 bits per heavy atom. The van der Waals surface area contributed by atoms with E-state index in [4.69, 9.17) is 0 Å². The zero-order valence-corrected chi connectivity index (χ0v) is 14.2. The number of amides is 1. The van der Waals surface area contributed by atoms with Gasteiger partial charge in [0.15, 0.2) is 10.8 Å². The highest BCUT2D eigenvalue weighted by Gasteiger charge is 2.18. The van der Waals surface area contributed by atoms with Crippen LogP contribution in [-0.4, -0.2) is 39.6 Å². The Hall–Kier alpha value is -1.96. The highest BCUT2D eigenvalue weighted by atomic mass is 32.1. The number of hydrogen-bond acceptors (Lipinski definition) is 6. The second-order valence-electron chi connectivity index (χ2n) is 6.10. The molecule has 0 bridgehead atoms. The quantitative estimate of drug-likeness (QED) is 0.913. The first kappa shape index (κ1) is 15.9. The second kappa shape index (κ2) is 6.66. The maximum atomic E-state index is 12.5. The summed E-state index contributed by atoms with van der Waals surface area (Å²) in [7, 11) is 0. The van der Waals surface area contributed by atoms with Gasteiger partial charge in [0, 0.05) is 19.1 Å². The number of hydrogen-bond donors (Lipinski definition) is 1. The molecular formula is C15H21N5O2S. The lowest BCUT2D eigenvalue weighted by Crippen LogP contribution is -2.36. The van der Waals surface area contributed by atoms with Crippen molar-refractivity contribution in [1.82, 2.24) is 19.9 Å². The number of aromatic nitrogens is 3. The van der Waals surface area contributed by atoms with Crippen LogP contribution in [0.2, 0.25) is 0 Å². The van der Waals surface area contributed by atoms with Gasteiger partial charge in [-0.1, -0.05) is 11.3 Å². The molecule has 23 heavy (non-hydrogen) atoms. The van der Waals surface area contributed by atoms with Gasteiger partial charge in [0.1, 0.15) is 17.6 Å². The van der Waals surface area contributed by atoms with Crippen molar-refractivity contribution in [1.29, 1.82) is 0 Å². The van der Waals surface area contributed by atoms with Gasteiger partial charge in [-0.25, -0.2) is 4.98 Å². The molecule has 7 nitrogen and oxygen atoms in total. The van der Waals surface area contributed by atoms with E-state index in [0.29, 0.717) is 10.3 Å². The third-order valence-corrected chi connectivity index (χ3v) is 4.86. The summed E-state index contributed by atoms with van der Waals surface area (Å²) in [6.45, 7) is 5.71. The number of nitrogens with zero attached hydrogens (tertiary/aromatic N) is 4. The summed E-state index contributed by atoms with van der Waals surface area (Å²) < 4.78 is 1.86. The summed E-state index contributed by atoms with van der Waals surface area (Å²) in [5.41, 5.74) is 0.274. The van der Waals surface area contributed by atoms with Crippen LogP contribution in [0.1, 0.15) is 33.1 Å². The Labute approximate surface area is 138 Å². The number of fused-ring (bicyclic) bond motifs is 1. The number of carbonyl (C=O) groups is 1. The fourth-order valence-electron chi connectivity index (χ4n) is 2.69. The molecule has 1 aliphatic rings. The van der Waals surface area contributed by atoms with E-state index in [0.717, 1.165) is 31.1 Å². The van der Waals surface area contributed by atoms with Crippen LogP contribution in [0, 0.1) is 0 Å². The molecular weight excluding hydrogens is 314 g/mol. The SMILES string of the molecule is CC(C)NC(=O)Cn1cnc2nc(N3CCCCC3)sc2c1=O. The fraction of sp³-hybridized carbons (Fsp3) is 0.600. The molecule has 8 heteroatoms. The molecule has 124 valence electrons. The van der Waals surface area contributed by atoms with Gasteiger partial charge in [-0.2, -0.15) is 4.98 Å². The molecule has 3 heterocycles. The molecule has 1 amide bonds. The van der Waals surface area contributed by atoms with E-state index in [1.807, 2.05) is 13.8 Å². The molecule has 1 fully saturated rings. The van der Waals surface area contributed by atoms with Crippen LogP contribution in [0.4, 0.5) is 5.13 Å². The standard InChI is InChI=1S/C15H21N5O2S/c1-10(2)17-11(21)8-20-9-16-13-12(14(20)22)23-15(18-13)19-6-4-3-5-7-19/h9-10H,3-8H2,1-2H3,(H,17,21). The van der Waals surface area contributed by atoms with Crippen LogP contribution in [0.5, 0.6) is 0 Å². The van der Waals surface area contributed by atoms with Crippen LogP contribution in [0.25, 0.3) is 10.3 Å². The monoisotopic (exact) mass is 335 g/mol. The van der Waals surface area contributed by atoms with Crippen molar-refractivity contribution < 1.29 is 4.79 Å². The molecule has 0 unspecified atom stereocenters. The van der Waals surface area contributed by atoms with Crippen LogP contribution in [-0.2, 0) is 11.3 Å². The van der Waals surface area contributed by atoms with E-state index in [9.17, 15) is 9.59 Å². The lowest BCUT2D eigenvalue weighted by atomic mass is 10.1. The van der Waals surface area contributed by atoms with Crippen molar-refractivity contribution in [2.45, 2.75) is 45.7 Å². The van der Waals surface area contributed by atoms with Gasteiger partial charge in [-0.05, 0) is 33.1 Å². The van der Waals surface area contributed by atoms with E-state index >= 15 is 0 Å². The number of thiazole rings is 1. The number of rotatable bonds is 4. The zero-order valence-electron chi connectivity index (χ0n) is 13.4. The minimum absolute atomic E-state index is 0.0170. The minimum atomic E-state index is -0.199. The topological polar surface area (TPSA) is 80.1 Å². The molecule has 0 spiro atoms. The number of piperidine rings is 1. The Kier molecular flexibility index (Phi) is 4.61. The summed E-state index contributed by atoms with van der Waals surface area (Å²) >= 11 is 1.37. The van der Waals surface area contributed by atoms with Crippen molar-refractivity contribution in [3.05, 3.63) is 16.7 Å². The summed E-state index contributed by atoms with van der Waals surface area (Å²) in [5, 5.41) is 3.63. The minimum Gasteiger partial charge on any atom is -0.352 e. The van der Waals surface area contributed by atoms with Crippen molar-refractivity contribution in [3.63, 3.8) is 0 Å². The van der Waals surface area contributed by atoms with Gasteiger partial charge in [0.05, 0.1) is 0 Å². The molecule has 1 aliphatic heterocycles. The Morgan fingerprint density at radius 1 is 1.35 bits per heavy atom. The van der Waals surface area contributed by atoms with Crippen LogP contribution >= 0.6 is 11.3 Å². The van der Waals surface area contributed by atoms with Crippen molar-refractivity contribution in [2.24, 2.45) is 0 Å². The van der Waals surface area contributed by atoms with Gasteiger partial charge < -0.3 is 10.2 Å². The van der Waals surface area contributed by atoms with Crippen molar-refractivity contribution in [3.8, 4) is 0 Å². The van der Waals surface area contributed by atoms with Gasteiger partial charge >= 0.3 is 0 Å². The normalized spacial score (nSPS) is 15.3. The molecule has 0 aromatic carbocycles. The number of carbonyl (C=O) groups excluding carboxylic acids is 1. The molecule has 1 N–H and O–H groups in total. The first-order valence-electron chi connectivity index (χ1n) is 7.95. The molecule has 0 atom stereocenters. The van der Waals surface area contributed by atoms with E-state index in [2.05, 4.69) is 20.2 Å². The van der Waals surface area contributed by atoms with Crippen molar-refractivity contribution >= 4 is 32.7 Å². The second-order valence-corrected chi connectivity index (χ2v) is 7.07. The van der Waals surface area contributed by atoms with Gasteiger partial charge in [0.2, 0.25) is 5.91 Å². The number of anilines is 1. The highest BCUT2D eigenvalue weighted by Crippen LogP contribution is 2.27. The first-order chi connectivity index (χ1) is 11.0. The van der Waals surface area contributed by atoms with E-state index in [1.165, 1.54) is 28.7 Å². The Bertz CT molecular complexity index is 761. The van der Waals surface area contributed by atoms with Gasteiger partial charge in [-0.3, -0.25) is 14.2 Å². The van der Waals surface area contributed by atoms with Crippen LogP contribution in [0.15, 0.2) is 11.1 Å². The molecule has 3 rings (SSSR count). The highest BCUT2D eigenvalue weighted by molar-refractivity contribution is 7.22. The van der Waals surface area contributed by atoms with E-state index in [1.54, 1.807) is 0 Å². The summed E-state index contributed by atoms with van der Waals surface area (Å²) in [6, 6.07) is 0.0454. The lowest BCUT2D eigenvalue weighted by molar-refractivity contribution is -0.122. The fourth-order valence-corrected chi connectivity index (χ4v) is 3.71.